The van der Waals surface area contributed by atoms with Crippen LogP contribution in [0.1, 0.15) is 55.2 Å². The lowest BCUT2D eigenvalue weighted by Gasteiger charge is -2.08. The number of ether oxygens (including phenoxy) is 1. The maximum Gasteiger partial charge on any atom is 0.119 e. The Hall–Kier alpha value is -2.64. The number of nitriles is 1. The van der Waals surface area contributed by atoms with E-state index < -0.39 is 0 Å². The standard InChI is InChI=1S/C23H28N2O2/c1-19-16-22(27-15-7-5-3-2-4-6-14-26)12-13-23(19)25-18-21-10-8-20(17-24)9-11-21/h8-13,16,18,26H,2-7,14-15H2,1H3. The Kier molecular flexibility index (Phi) is 9.09. The van der Waals surface area contributed by atoms with E-state index in [1.165, 1.54) is 12.8 Å². The highest BCUT2D eigenvalue weighted by Gasteiger charge is 2.00. The summed E-state index contributed by atoms with van der Waals surface area (Å²) < 4.78 is 5.84. The van der Waals surface area contributed by atoms with Gasteiger partial charge in [0.15, 0.2) is 0 Å². The molecule has 0 bridgehead atoms. The lowest BCUT2D eigenvalue weighted by molar-refractivity contribution is 0.280. The molecular formula is C23H28N2O2. The van der Waals surface area contributed by atoms with Crippen molar-refractivity contribution in [2.75, 3.05) is 13.2 Å². The fourth-order valence-electron chi connectivity index (χ4n) is 2.76. The van der Waals surface area contributed by atoms with Crippen molar-refractivity contribution in [1.29, 1.82) is 5.26 Å². The number of rotatable bonds is 11. The molecule has 2 rings (SSSR count). The zero-order valence-corrected chi connectivity index (χ0v) is 16.0. The molecule has 2 aromatic carbocycles. The first-order valence-electron chi connectivity index (χ1n) is 9.61. The molecule has 0 saturated carbocycles. The zero-order valence-electron chi connectivity index (χ0n) is 16.0. The quantitative estimate of drug-likeness (QED) is 0.433. The fraction of sp³-hybridized carbons (Fsp3) is 0.391. The lowest BCUT2D eigenvalue weighted by Crippen LogP contribution is -1.97. The van der Waals surface area contributed by atoms with Crippen LogP contribution in [0.3, 0.4) is 0 Å². The third-order valence-electron chi connectivity index (χ3n) is 4.38. The second-order valence-corrected chi connectivity index (χ2v) is 6.63. The van der Waals surface area contributed by atoms with Crippen LogP contribution in [0, 0.1) is 18.3 Å². The zero-order chi connectivity index (χ0) is 19.3. The van der Waals surface area contributed by atoms with Crippen molar-refractivity contribution in [3.8, 4) is 11.8 Å². The summed E-state index contributed by atoms with van der Waals surface area (Å²) in [5.74, 6) is 0.880. The molecule has 2 aromatic rings. The van der Waals surface area contributed by atoms with Crippen molar-refractivity contribution in [3.05, 3.63) is 59.2 Å². The Balaban J connectivity index is 1.77. The molecule has 0 unspecified atom stereocenters. The number of unbranched alkanes of at least 4 members (excludes halogenated alkanes) is 5. The van der Waals surface area contributed by atoms with E-state index in [4.69, 9.17) is 15.1 Å². The Morgan fingerprint density at radius 1 is 1.00 bits per heavy atom. The normalized spacial score (nSPS) is 10.9. The minimum Gasteiger partial charge on any atom is -0.494 e. The van der Waals surface area contributed by atoms with E-state index in [0.717, 1.165) is 54.9 Å². The highest BCUT2D eigenvalue weighted by molar-refractivity contribution is 5.82. The van der Waals surface area contributed by atoms with Crippen LogP contribution in [0.4, 0.5) is 5.69 Å². The second-order valence-electron chi connectivity index (χ2n) is 6.63. The number of hydrogen-bond acceptors (Lipinski definition) is 4. The highest BCUT2D eigenvalue weighted by atomic mass is 16.5. The molecule has 142 valence electrons. The predicted molar refractivity (Wildman–Crippen MR) is 110 cm³/mol. The second kappa shape index (κ2) is 11.9. The van der Waals surface area contributed by atoms with Crippen molar-refractivity contribution >= 4 is 11.9 Å². The molecule has 0 aliphatic carbocycles. The smallest absolute Gasteiger partial charge is 0.119 e. The molecule has 0 aromatic heterocycles. The number of aryl methyl sites for hydroxylation is 1. The first-order chi connectivity index (χ1) is 13.2. The van der Waals surface area contributed by atoms with E-state index in [0.29, 0.717) is 12.2 Å². The van der Waals surface area contributed by atoms with Crippen LogP contribution in [0.15, 0.2) is 47.5 Å². The van der Waals surface area contributed by atoms with Gasteiger partial charge in [-0.1, -0.05) is 37.8 Å². The van der Waals surface area contributed by atoms with Gasteiger partial charge in [0.25, 0.3) is 0 Å². The van der Waals surface area contributed by atoms with Gasteiger partial charge in [0, 0.05) is 12.8 Å². The topological polar surface area (TPSA) is 65.6 Å². The number of aliphatic hydroxyl groups is 1. The first-order valence-corrected chi connectivity index (χ1v) is 9.61. The van der Waals surface area contributed by atoms with E-state index in [-0.39, 0.29) is 0 Å². The number of aliphatic imine (C=N–C) groups is 1. The van der Waals surface area contributed by atoms with Crippen molar-refractivity contribution in [1.82, 2.24) is 0 Å². The molecule has 0 saturated heterocycles. The molecule has 0 aliphatic heterocycles. The lowest BCUT2D eigenvalue weighted by atomic mass is 10.1. The van der Waals surface area contributed by atoms with Gasteiger partial charge in [-0.25, -0.2) is 0 Å². The van der Waals surface area contributed by atoms with Gasteiger partial charge in [-0.05, 0) is 61.2 Å². The highest BCUT2D eigenvalue weighted by Crippen LogP contribution is 2.24. The van der Waals surface area contributed by atoms with Crippen LogP contribution >= 0.6 is 0 Å². The number of nitrogens with zero attached hydrogens (tertiary/aromatic N) is 2. The van der Waals surface area contributed by atoms with Gasteiger partial charge in [0.05, 0.1) is 23.9 Å². The van der Waals surface area contributed by atoms with Gasteiger partial charge in [0.2, 0.25) is 0 Å². The summed E-state index contributed by atoms with van der Waals surface area (Å²) in [4.78, 5) is 4.54. The molecule has 4 heteroatoms. The molecule has 0 atom stereocenters. The summed E-state index contributed by atoms with van der Waals surface area (Å²) in [5.41, 5.74) is 3.60. The Morgan fingerprint density at radius 2 is 1.70 bits per heavy atom. The van der Waals surface area contributed by atoms with Crippen LogP contribution in [0.25, 0.3) is 0 Å². The summed E-state index contributed by atoms with van der Waals surface area (Å²) in [6.45, 7) is 3.06. The van der Waals surface area contributed by atoms with E-state index in [2.05, 4.69) is 11.1 Å². The van der Waals surface area contributed by atoms with Crippen molar-refractivity contribution in [2.45, 2.75) is 45.4 Å². The summed E-state index contributed by atoms with van der Waals surface area (Å²) in [6, 6.07) is 15.4. The average Bonchev–Trinajstić information content (AvgIpc) is 2.69. The molecule has 0 amide bonds. The van der Waals surface area contributed by atoms with E-state index in [1.54, 1.807) is 18.3 Å². The van der Waals surface area contributed by atoms with Crippen LogP contribution in [0.2, 0.25) is 0 Å². The van der Waals surface area contributed by atoms with Crippen LogP contribution in [-0.2, 0) is 0 Å². The minimum atomic E-state index is 0.302. The van der Waals surface area contributed by atoms with Crippen molar-refractivity contribution in [2.24, 2.45) is 4.99 Å². The first kappa shape index (κ1) is 20.7. The molecular weight excluding hydrogens is 336 g/mol. The largest absolute Gasteiger partial charge is 0.494 e. The minimum absolute atomic E-state index is 0.302. The summed E-state index contributed by atoms with van der Waals surface area (Å²) in [5, 5.41) is 17.6. The Labute approximate surface area is 162 Å². The average molecular weight is 364 g/mol. The van der Waals surface area contributed by atoms with Gasteiger partial charge >= 0.3 is 0 Å². The molecule has 0 spiro atoms. The molecule has 27 heavy (non-hydrogen) atoms. The Morgan fingerprint density at radius 3 is 2.37 bits per heavy atom. The molecule has 4 nitrogen and oxygen atoms in total. The van der Waals surface area contributed by atoms with E-state index in [9.17, 15) is 0 Å². The van der Waals surface area contributed by atoms with Gasteiger partial charge in [-0.3, -0.25) is 4.99 Å². The van der Waals surface area contributed by atoms with Crippen LogP contribution in [0.5, 0.6) is 5.75 Å². The molecule has 1 N–H and O–H groups in total. The third-order valence-corrected chi connectivity index (χ3v) is 4.38. The van der Waals surface area contributed by atoms with Gasteiger partial charge in [-0.2, -0.15) is 5.26 Å². The molecule has 0 fully saturated rings. The van der Waals surface area contributed by atoms with Gasteiger partial charge in [0.1, 0.15) is 5.75 Å². The maximum atomic E-state index is 8.83. The number of aliphatic hydroxyl groups excluding tert-OH is 1. The Bertz CT molecular complexity index is 761. The third kappa shape index (κ3) is 7.64. The summed E-state index contributed by atoms with van der Waals surface area (Å²) >= 11 is 0. The molecule has 0 heterocycles. The van der Waals surface area contributed by atoms with Gasteiger partial charge < -0.3 is 9.84 Å². The van der Waals surface area contributed by atoms with Gasteiger partial charge in [-0.15, -0.1) is 0 Å². The molecule has 0 radical (unpaired) electrons. The van der Waals surface area contributed by atoms with Crippen LogP contribution < -0.4 is 4.74 Å². The predicted octanol–water partition coefficient (Wildman–Crippen LogP) is 5.33. The van der Waals surface area contributed by atoms with Crippen molar-refractivity contribution in [3.63, 3.8) is 0 Å². The van der Waals surface area contributed by atoms with Crippen molar-refractivity contribution < 1.29 is 9.84 Å². The van der Waals surface area contributed by atoms with E-state index in [1.807, 2.05) is 37.3 Å². The number of benzene rings is 2. The van der Waals surface area contributed by atoms with Crippen LogP contribution in [-0.4, -0.2) is 24.5 Å². The summed E-state index contributed by atoms with van der Waals surface area (Å²) in [6.07, 6.45) is 8.43. The monoisotopic (exact) mass is 364 g/mol. The SMILES string of the molecule is Cc1cc(OCCCCCCCCO)ccc1N=Cc1ccc(C#N)cc1. The molecule has 0 aliphatic rings. The summed E-state index contributed by atoms with van der Waals surface area (Å²) in [7, 11) is 0. The van der Waals surface area contributed by atoms with E-state index >= 15 is 0 Å². The maximum absolute atomic E-state index is 8.83. The fourth-order valence-corrected chi connectivity index (χ4v) is 2.76. The number of hydrogen-bond donors (Lipinski definition) is 1.